The van der Waals surface area contributed by atoms with Crippen LogP contribution in [0.4, 0.5) is 0 Å². The summed E-state index contributed by atoms with van der Waals surface area (Å²) in [6.07, 6.45) is 1.63. The van der Waals surface area contributed by atoms with Crippen molar-refractivity contribution in [1.82, 2.24) is 0 Å². The Hall–Kier alpha value is -1.27. The highest BCUT2D eigenvalue weighted by atomic mass is 79.9. The van der Waals surface area contributed by atoms with E-state index in [1.807, 2.05) is 12.1 Å². The number of hydrogen-bond acceptors (Lipinski definition) is 5. The Morgan fingerprint density at radius 3 is 3.05 bits per heavy atom. The average molecular weight is 344 g/mol. The second-order valence-corrected chi connectivity index (χ2v) is 5.47. The smallest absolute Gasteiger partial charge is 0.305 e. The fourth-order valence-corrected chi connectivity index (χ4v) is 2.68. The first-order valence-corrected chi connectivity index (χ1v) is 7.38. The van der Waals surface area contributed by atoms with Crippen LogP contribution in [-0.2, 0) is 16.0 Å². The van der Waals surface area contributed by atoms with Gasteiger partial charge in [-0.3, -0.25) is 4.79 Å². The van der Waals surface area contributed by atoms with Crippen molar-refractivity contribution in [3.05, 3.63) is 22.2 Å². The average Bonchev–Trinajstić information content (AvgIpc) is 2.85. The fourth-order valence-electron chi connectivity index (χ4n) is 2.08. The first-order valence-electron chi connectivity index (χ1n) is 6.59. The standard InChI is InChI=1S/C14H18BrNO4/c1-2-18-13(17)4-3-10(16)5-9-6-11(15)14-12(7-9)19-8-20-14/h6-7,10H,2-5,8,16H2,1H3. The van der Waals surface area contributed by atoms with Crippen molar-refractivity contribution < 1.29 is 19.0 Å². The van der Waals surface area contributed by atoms with Gasteiger partial charge in [-0.2, -0.15) is 0 Å². The zero-order valence-corrected chi connectivity index (χ0v) is 12.9. The second-order valence-electron chi connectivity index (χ2n) is 4.62. The lowest BCUT2D eigenvalue weighted by Crippen LogP contribution is -2.24. The molecule has 1 aliphatic rings. The molecular weight excluding hydrogens is 326 g/mol. The number of carbonyl (C=O) groups is 1. The number of halogens is 1. The van der Waals surface area contributed by atoms with Crippen molar-refractivity contribution in [2.75, 3.05) is 13.4 Å². The Balaban J connectivity index is 1.90. The molecule has 0 bridgehead atoms. The summed E-state index contributed by atoms with van der Waals surface area (Å²) < 4.78 is 16.4. The Morgan fingerprint density at radius 1 is 1.50 bits per heavy atom. The summed E-state index contributed by atoms with van der Waals surface area (Å²) in [5.41, 5.74) is 7.10. The molecule has 0 saturated carbocycles. The van der Waals surface area contributed by atoms with Crippen LogP contribution in [0.1, 0.15) is 25.3 Å². The van der Waals surface area contributed by atoms with Gasteiger partial charge in [0.25, 0.3) is 0 Å². The minimum Gasteiger partial charge on any atom is -0.466 e. The number of rotatable bonds is 6. The number of nitrogens with two attached hydrogens (primary N) is 1. The molecule has 1 aromatic carbocycles. The normalized spacial score (nSPS) is 14.2. The number of carbonyl (C=O) groups excluding carboxylic acids is 1. The highest BCUT2D eigenvalue weighted by Crippen LogP contribution is 2.40. The minimum atomic E-state index is -0.199. The van der Waals surface area contributed by atoms with Gasteiger partial charge >= 0.3 is 5.97 Å². The van der Waals surface area contributed by atoms with Gasteiger partial charge in [-0.15, -0.1) is 0 Å². The first kappa shape index (κ1) is 15.1. The van der Waals surface area contributed by atoms with E-state index in [-0.39, 0.29) is 18.8 Å². The first-order chi connectivity index (χ1) is 9.60. The maximum Gasteiger partial charge on any atom is 0.305 e. The van der Waals surface area contributed by atoms with Crippen molar-refractivity contribution in [2.45, 2.75) is 32.2 Å². The van der Waals surface area contributed by atoms with E-state index in [1.165, 1.54) is 0 Å². The van der Waals surface area contributed by atoms with Crippen molar-refractivity contribution in [1.29, 1.82) is 0 Å². The molecule has 0 fully saturated rings. The van der Waals surface area contributed by atoms with Crippen LogP contribution >= 0.6 is 15.9 Å². The molecule has 2 N–H and O–H groups in total. The molecule has 6 heteroatoms. The zero-order chi connectivity index (χ0) is 14.5. The van der Waals surface area contributed by atoms with Gasteiger partial charge < -0.3 is 19.9 Å². The van der Waals surface area contributed by atoms with Gasteiger partial charge in [0.15, 0.2) is 11.5 Å². The number of benzene rings is 1. The van der Waals surface area contributed by atoms with Gasteiger partial charge in [-0.05, 0) is 53.4 Å². The Kier molecular flexibility index (Phi) is 5.25. The van der Waals surface area contributed by atoms with E-state index in [2.05, 4.69) is 15.9 Å². The van der Waals surface area contributed by atoms with Crippen molar-refractivity contribution >= 4 is 21.9 Å². The van der Waals surface area contributed by atoms with Crippen LogP contribution in [0.3, 0.4) is 0 Å². The molecule has 0 spiro atoms. The second kappa shape index (κ2) is 6.95. The van der Waals surface area contributed by atoms with E-state index in [0.29, 0.717) is 25.9 Å². The minimum absolute atomic E-state index is 0.0910. The van der Waals surface area contributed by atoms with Crippen LogP contribution in [0.2, 0.25) is 0 Å². The number of ether oxygens (including phenoxy) is 3. The molecule has 1 atom stereocenters. The molecule has 0 saturated heterocycles. The Bertz CT molecular complexity index is 492. The molecule has 1 aliphatic heterocycles. The summed E-state index contributed by atoms with van der Waals surface area (Å²) in [6.45, 7) is 2.44. The maximum absolute atomic E-state index is 11.3. The highest BCUT2D eigenvalue weighted by molar-refractivity contribution is 9.10. The lowest BCUT2D eigenvalue weighted by molar-refractivity contribution is -0.143. The lowest BCUT2D eigenvalue weighted by atomic mass is 10.0. The Labute approximate surface area is 126 Å². The summed E-state index contributed by atoms with van der Waals surface area (Å²) in [5.74, 6) is 1.26. The summed E-state index contributed by atoms with van der Waals surface area (Å²) in [4.78, 5) is 11.3. The zero-order valence-electron chi connectivity index (χ0n) is 11.4. The third-order valence-corrected chi connectivity index (χ3v) is 3.60. The van der Waals surface area contributed by atoms with Gasteiger partial charge in [0, 0.05) is 12.5 Å². The molecule has 20 heavy (non-hydrogen) atoms. The third kappa shape index (κ3) is 3.86. The molecule has 110 valence electrons. The lowest BCUT2D eigenvalue weighted by Gasteiger charge is -2.12. The SMILES string of the molecule is CCOC(=O)CCC(N)Cc1cc(Br)c2c(c1)OCO2. The number of fused-ring (bicyclic) bond motifs is 1. The van der Waals surface area contributed by atoms with Crippen LogP contribution in [0.15, 0.2) is 16.6 Å². The fraction of sp³-hybridized carbons (Fsp3) is 0.500. The van der Waals surface area contributed by atoms with E-state index in [0.717, 1.165) is 21.5 Å². The number of esters is 1. The van der Waals surface area contributed by atoms with Crippen LogP contribution in [-0.4, -0.2) is 25.4 Å². The summed E-state index contributed by atoms with van der Waals surface area (Å²) in [5, 5.41) is 0. The molecule has 1 aromatic rings. The predicted octanol–water partition coefficient (Wildman–Crippen LogP) is 2.39. The van der Waals surface area contributed by atoms with E-state index in [9.17, 15) is 4.79 Å². The van der Waals surface area contributed by atoms with Crippen LogP contribution < -0.4 is 15.2 Å². The van der Waals surface area contributed by atoms with E-state index >= 15 is 0 Å². The quantitative estimate of drug-likeness (QED) is 0.803. The molecule has 0 radical (unpaired) electrons. The highest BCUT2D eigenvalue weighted by Gasteiger charge is 2.19. The van der Waals surface area contributed by atoms with Gasteiger partial charge in [-0.25, -0.2) is 0 Å². The molecule has 5 nitrogen and oxygen atoms in total. The molecule has 1 unspecified atom stereocenters. The van der Waals surface area contributed by atoms with Crippen molar-refractivity contribution in [3.63, 3.8) is 0 Å². The van der Waals surface area contributed by atoms with Crippen molar-refractivity contribution in [2.24, 2.45) is 5.73 Å². The molecule has 0 aliphatic carbocycles. The van der Waals surface area contributed by atoms with Gasteiger partial charge in [0.2, 0.25) is 6.79 Å². The van der Waals surface area contributed by atoms with Crippen LogP contribution in [0, 0.1) is 0 Å². The summed E-state index contributed by atoms with van der Waals surface area (Å²) in [7, 11) is 0. The van der Waals surface area contributed by atoms with Crippen molar-refractivity contribution in [3.8, 4) is 11.5 Å². The van der Waals surface area contributed by atoms with Crippen LogP contribution in [0.5, 0.6) is 11.5 Å². The largest absolute Gasteiger partial charge is 0.466 e. The number of hydrogen-bond donors (Lipinski definition) is 1. The third-order valence-electron chi connectivity index (χ3n) is 3.01. The topological polar surface area (TPSA) is 70.8 Å². The molecule has 1 heterocycles. The summed E-state index contributed by atoms with van der Waals surface area (Å²) >= 11 is 3.45. The molecule has 2 rings (SSSR count). The van der Waals surface area contributed by atoms with E-state index in [4.69, 9.17) is 19.9 Å². The monoisotopic (exact) mass is 343 g/mol. The van der Waals surface area contributed by atoms with Gasteiger partial charge in [0.1, 0.15) is 0 Å². The predicted molar refractivity (Wildman–Crippen MR) is 77.8 cm³/mol. The Morgan fingerprint density at radius 2 is 2.30 bits per heavy atom. The van der Waals surface area contributed by atoms with Gasteiger partial charge in [0.05, 0.1) is 11.1 Å². The summed E-state index contributed by atoms with van der Waals surface area (Å²) in [6, 6.07) is 3.81. The van der Waals surface area contributed by atoms with E-state index in [1.54, 1.807) is 6.92 Å². The maximum atomic E-state index is 11.3. The van der Waals surface area contributed by atoms with Crippen LogP contribution in [0.25, 0.3) is 0 Å². The van der Waals surface area contributed by atoms with Gasteiger partial charge in [-0.1, -0.05) is 0 Å². The molecule has 0 aromatic heterocycles. The molecular formula is C14H18BrNO4. The molecule has 0 amide bonds. The van der Waals surface area contributed by atoms with E-state index < -0.39 is 0 Å².